The van der Waals surface area contributed by atoms with Crippen LogP contribution in [0.1, 0.15) is 45.6 Å². The van der Waals surface area contributed by atoms with E-state index in [1.54, 1.807) is 24.8 Å². The lowest BCUT2D eigenvalue weighted by Crippen LogP contribution is -2.42. The van der Waals surface area contributed by atoms with E-state index in [1.165, 1.54) is 12.1 Å². The van der Waals surface area contributed by atoms with Crippen LogP contribution in [0.3, 0.4) is 0 Å². The smallest absolute Gasteiger partial charge is 0.223 e. The fourth-order valence-corrected chi connectivity index (χ4v) is 2.17. The number of likely N-dealkylation sites (N-methyl/N-ethyl adjacent to an activating group) is 1. The van der Waals surface area contributed by atoms with E-state index in [0.29, 0.717) is 19.5 Å². The van der Waals surface area contributed by atoms with Crippen LogP contribution in [-0.4, -0.2) is 34.6 Å². The fraction of sp³-hybridized carbons (Fsp3) is 0.562. The number of aliphatic hydroxyl groups is 1. The molecule has 0 saturated carbocycles. The molecule has 0 fully saturated rings. The molecule has 0 bridgehead atoms. The zero-order valence-corrected chi connectivity index (χ0v) is 12.7. The van der Waals surface area contributed by atoms with E-state index in [4.69, 9.17) is 0 Å². The maximum Gasteiger partial charge on any atom is 0.223 e. The molecule has 0 aliphatic heterocycles. The zero-order valence-electron chi connectivity index (χ0n) is 12.7. The summed E-state index contributed by atoms with van der Waals surface area (Å²) in [6.45, 7) is 8.01. The van der Waals surface area contributed by atoms with Crippen molar-refractivity contribution in [3.8, 4) is 0 Å². The van der Waals surface area contributed by atoms with Gasteiger partial charge in [0.1, 0.15) is 5.82 Å². The Hall–Kier alpha value is -1.42. The number of carbonyl (C=O) groups excluding carboxylic acids is 1. The van der Waals surface area contributed by atoms with E-state index in [0.717, 1.165) is 5.56 Å². The van der Waals surface area contributed by atoms with E-state index in [1.807, 2.05) is 19.9 Å². The lowest BCUT2D eigenvalue weighted by atomic mass is 9.96. The normalized spacial score (nSPS) is 13.1. The molecule has 3 nitrogen and oxygen atoms in total. The molecule has 0 saturated heterocycles. The molecule has 4 heteroatoms. The Bertz CT molecular complexity index is 454. The molecular weight excluding hydrogens is 257 g/mol. The monoisotopic (exact) mass is 281 g/mol. The molecule has 1 aromatic rings. The molecule has 20 heavy (non-hydrogen) atoms. The molecule has 1 unspecified atom stereocenters. The van der Waals surface area contributed by atoms with Crippen LogP contribution in [0.5, 0.6) is 0 Å². The molecule has 0 radical (unpaired) electrons. The van der Waals surface area contributed by atoms with Gasteiger partial charge in [-0.15, -0.1) is 0 Å². The number of benzene rings is 1. The van der Waals surface area contributed by atoms with Gasteiger partial charge < -0.3 is 10.0 Å². The topological polar surface area (TPSA) is 40.5 Å². The molecule has 0 heterocycles. The Morgan fingerprint density at radius 3 is 2.60 bits per heavy atom. The van der Waals surface area contributed by atoms with Crippen LogP contribution in [0.2, 0.25) is 0 Å². The van der Waals surface area contributed by atoms with Gasteiger partial charge in [0.2, 0.25) is 5.91 Å². The molecule has 1 atom stereocenters. The van der Waals surface area contributed by atoms with E-state index >= 15 is 0 Å². The van der Waals surface area contributed by atoms with E-state index in [9.17, 15) is 14.3 Å². The highest BCUT2D eigenvalue weighted by atomic mass is 19.1. The first-order chi connectivity index (χ1) is 9.23. The van der Waals surface area contributed by atoms with E-state index < -0.39 is 5.60 Å². The Balaban J connectivity index is 2.68. The summed E-state index contributed by atoms with van der Waals surface area (Å²) in [6, 6.07) is 6.34. The van der Waals surface area contributed by atoms with Gasteiger partial charge in [0.25, 0.3) is 0 Å². The number of carbonyl (C=O) groups is 1. The van der Waals surface area contributed by atoms with Crippen molar-refractivity contribution in [2.45, 2.75) is 45.6 Å². The Kier molecular flexibility index (Phi) is 5.69. The van der Waals surface area contributed by atoms with Crippen molar-refractivity contribution >= 4 is 5.91 Å². The van der Waals surface area contributed by atoms with Crippen molar-refractivity contribution in [3.05, 3.63) is 35.6 Å². The number of amides is 1. The van der Waals surface area contributed by atoms with Crippen LogP contribution >= 0.6 is 0 Å². The van der Waals surface area contributed by atoms with Gasteiger partial charge in [-0.2, -0.15) is 0 Å². The van der Waals surface area contributed by atoms with Crippen molar-refractivity contribution in [3.63, 3.8) is 0 Å². The summed E-state index contributed by atoms with van der Waals surface area (Å²) in [5.41, 5.74) is -0.0917. The number of rotatable bonds is 6. The summed E-state index contributed by atoms with van der Waals surface area (Å²) in [4.78, 5) is 13.9. The van der Waals surface area contributed by atoms with Crippen molar-refractivity contribution in [1.29, 1.82) is 0 Å². The second-order valence-electron chi connectivity index (χ2n) is 5.88. The highest BCUT2D eigenvalue weighted by Gasteiger charge is 2.22. The fourth-order valence-electron chi connectivity index (χ4n) is 2.17. The van der Waals surface area contributed by atoms with Crippen LogP contribution in [0.25, 0.3) is 0 Å². The number of halogens is 1. The summed E-state index contributed by atoms with van der Waals surface area (Å²) in [5, 5.41) is 9.81. The average molecular weight is 281 g/mol. The van der Waals surface area contributed by atoms with Gasteiger partial charge in [0.15, 0.2) is 0 Å². The van der Waals surface area contributed by atoms with E-state index in [2.05, 4.69) is 0 Å². The van der Waals surface area contributed by atoms with Gasteiger partial charge in [0.05, 0.1) is 5.60 Å². The zero-order chi connectivity index (χ0) is 15.3. The number of hydrogen-bond acceptors (Lipinski definition) is 2. The van der Waals surface area contributed by atoms with Crippen LogP contribution in [-0.2, 0) is 4.79 Å². The summed E-state index contributed by atoms with van der Waals surface area (Å²) < 4.78 is 13.2. The van der Waals surface area contributed by atoms with Gasteiger partial charge in [-0.1, -0.05) is 19.1 Å². The van der Waals surface area contributed by atoms with Crippen molar-refractivity contribution in [2.24, 2.45) is 0 Å². The Morgan fingerprint density at radius 1 is 1.45 bits per heavy atom. The second kappa shape index (κ2) is 6.84. The number of nitrogens with zero attached hydrogens (tertiary/aromatic N) is 1. The largest absolute Gasteiger partial charge is 0.389 e. The second-order valence-corrected chi connectivity index (χ2v) is 5.88. The quantitative estimate of drug-likeness (QED) is 0.871. The predicted octanol–water partition coefficient (Wildman–Crippen LogP) is 2.94. The third kappa shape index (κ3) is 5.29. The molecule has 0 aliphatic carbocycles. The maximum atomic E-state index is 13.2. The summed E-state index contributed by atoms with van der Waals surface area (Å²) >= 11 is 0. The SMILES string of the molecule is CCN(CC(C)(C)O)C(=O)CC(C)c1cccc(F)c1. The molecule has 0 spiro atoms. The molecular formula is C16H24FNO2. The highest BCUT2D eigenvalue weighted by molar-refractivity contribution is 5.77. The molecule has 1 aromatic carbocycles. The van der Waals surface area contributed by atoms with Gasteiger partial charge in [-0.3, -0.25) is 4.79 Å². The highest BCUT2D eigenvalue weighted by Crippen LogP contribution is 2.21. The molecule has 1 N–H and O–H groups in total. The first kappa shape index (κ1) is 16.6. The third-order valence-corrected chi connectivity index (χ3v) is 3.21. The summed E-state index contributed by atoms with van der Waals surface area (Å²) in [6.07, 6.45) is 0.313. The van der Waals surface area contributed by atoms with Crippen molar-refractivity contribution < 1.29 is 14.3 Å². The first-order valence-corrected chi connectivity index (χ1v) is 6.98. The maximum absolute atomic E-state index is 13.2. The van der Waals surface area contributed by atoms with Gasteiger partial charge in [-0.05, 0) is 44.4 Å². The molecule has 1 amide bonds. The minimum Gasteiger partial charge on any atom is -0.389 e. The van der Waals surface area contributed by atoms with Gasteiger partial charge >= 0.3 is 0 Å². The average Bonchev–Trinajstić information content (AvgIpc) is 2.34. The van der Waals surface area contributed by atoms with Crippen LogP contribution < -0.4 is 0 Å². The summed E-state index contributed by atoms with van der Waals surface area (Å²) in [5.74, 6) is -0.355. The van der Waals surface area contributed by atoms with Crippen LogP contribution in [0, 0.1) is 5.82 Å². The summed E-state index contributed by atoms with van der Waals surface area (Å²) in [7, 11) is 0. The van der Waals surface area contributed by atoms with Gasteiger partial charge in [0, 0.05) is 19.5 Å². The van der Waals surface area contributed by atoms with Crippen LogP contribution in [0.4, 0.5) is 4.39 Å². The Labute approximate surface area is 120 Å². The minimum absolute atomic E-state index is 0.0219. The number of hydrogen-bond donors (Lipinski definition) is 1. The Morgan fingerprint density at radius 2 is 2.10 bits per heavy atom. The molecule has 0 aromatic heterocycles. The molecule has 112 valence electrons. The predicted molar refractivity (Wildman–Crippen MR) is 78.0 cm³/mol. The first-order valence-electron chi connectivity index (χ1n) is 6.98. The standard InChI is InChI=1S/C16H24FNO2/c1-5-18(11-16(3,4)20)15(19)9-12(2)13-7-6-8-14(17)10-13/h6-8,10,12,20H,5,9,11H2,1-4H3. The van der Waals surface area contributed by atoms with Gasteiger partial charge in [-0.25, -0.2) is 4.39 Å². The van der Waals surface area contributed by atoms with Crippen molar-refractivity contribution in [1.82, 2.24) is 4.90 Å². The van der Waals surface area contributed by atoms with Crippen molar-refractivity contribution in [2.75, 3.05) is 13.1 Å². The van der Waals surface area contributed by atoms with E-state index in [-0.39, 0.29) is 17.6 Å². The van der Waals surface area contributed by atoms with Crippen LogP contribution in [0.15, 0.2) is 24.3 Å². The minimum atomic E-state index is -0.909. The molecule has 1 rings (SSSR count). The lowest BCUT2D eigenvalue weighted by Gasteiger charge is -2.29. The lowest BCUT2D eigenvalue weighted by molar-refractivity contribution is -0.134. The molecule has 0 aliphatic rings. The third-order valence-electron chi connectivity index (χ3n) is 3.21.